The van der Waals surface area contributed by atoms with Crippen LogP contribution in [-0.4, -0.2) is 34.9 Å². The molecule has 0 unspecified atom stereocenters. The van der Waals surface area contributed by atoms with E-state index in [0.29, 0.717) is 10.9 Å². The van der Waals surface area contributed by atoms with Crippen LogP contribution in [0.5, 0.6) is 0 Å². The zero-order valence-corrected chi connectivity index (χ0v) is 11.5. The van der Waals surface area contributed by atoms with E-state index >= 15 is 0 Å². The summed E-state index contributed by atoms with van der Waals surface area (Å²) in [7, 11) is 0. The molecule has 0 bridgehead atoms. The Morgan fingerprint density at radius 3 is 2.50 bits per heavy atom. The van der Waals surface area contributed by atoms with Gasteiger partial charge < -0.3 is 15.5 Å². The molecular formula is C12H15BrFNO3. The molecule has 0 fully saturated rings. The van der Waals surface area contributed by atoms with Crippen LogP contribution in [0.1, 0.15) is 23.7 Å². The zero-order valence-electron chi connectivity index (χ0n) is 9.91. The van der Waals surface area contributed by atoms with Crippen LogP contribution in [0.25, 0.3) is 0 Å². The summed E-state index contributed by atoms with van der Waals surface area (Å²) in [6.07, 6.45) is 0.380. The Kier molecular flexibility index (Phi) is 5.25. The van der Waals surface area contributed by atoms with Gasteiger partial charge in [0.1, 0.15) is 5.82 Å². The molecule has 1 aromatic rings. The monoisotopic (exact) mass is 319 g/mol. The Balaban J connectivity index is 2.94. The van der Waals surface area contributed by atoms with E-state index in [9.17, 15) is 19.4 Å². The number of aliphatic hydroxyl groups excluding tert-OH is 2. The van der Waals surface area contributed by atoms with Gasteiger partial charge in [0.2, 0.25) is 0 Å². The first-order chi connectivity index (χ1) is 8.48. The molecule has 0 aliphatic carbocycles. The molecule has 0 aliphatic heterocycles. The molecule has 4 nitrogen and oxygen atoms in total. The van der Waals surface area contributed by atoms with E-state index < -0.39 is 17.3 Å². The molecule has 1 aromatic carbocycles. The molecule has 0 atom stereocenters. The number of aliphatic hydroxyl groups is 2. The molecule has 1 amide bonds. The predicted molar refractivity (Wildman–Crippen MR) is 68.8 cm³/mol. The van der Waals surface area contributed by atoms with E-state index in [1.807, 2.05) is 0 Å². The van der Waals surface area contributed by atoms with Gasteiger partial charge >= 0.3 is 0 Å². The Morgan fingerprint density at radius 2 is 2.06 bits per heavy atom. The van der Waals surface area contributed by atoms with Gasteiger partial charge in [-0.1, -0.05) is 6.92 Å². The van der Waals surface area contributed by atoms with Gasteiger partial charge in [0.25, 0.3) is 5.91 Å². The highest BCUT2D eigenvalue weighted by Crippen LogP contribution is 2.19. The van der Waals surface area contributed by atoms with Gasteiger partial charge in [-0.05, 0) is 40.5 Å². The first kappa shape index (κ1) is 15.1. The third-order valence-corrected chi connectivity index (χ3v) is 3.49. The van der Waals surface area contributed by atoms with Crippen molar-refractivity contribution in [2.45, 2.75) is 18.9 Å². The molecule has 0 radical (unpaired) electrons. The number of carbonyl (C=O) groups excluding carboxylic acids is 1. The molecule has 0 aromatic heterocycles. The third kappa shape index (κ3) is 3.28. The van der Waals surface area contributed by atoms with Crippen molar-refractivity contribution in [1.82, 2.24) is 5.32 Å². The lowest BCUT2D eigenvalue weighted by Gasteiger charge is -2.29. The molecule has 1 rings (SSSR count). The number of nitrogens with one attached hydrogen (secondary N) is 1. The summed E-state index contributed by atoms with van der Waals surface area (Å²) in [4.78, 5) is 12.0. The number of amides is 1. The van der Waals surface area contributed by atoms with Gasteiger partial charge in [-0.2, -0.15) is 0 Å². The quantitative estimate of drug-likeness (QED) is 0.769. The lowest BCUT2D eigenvalue weighted by molar-refractivity contribution is 0.0652. The summed E-state index contributed by atoms with van der Waals surface area (Å²) in [5.74, 6) is -0.934. The molecule has 18 heavy (non-hydrogen) atoms. The second-order valence-electron chi connectivity index (χ2n) is 4.03. The van der Waals surface area contributed by atoms with Gasteiger partial charge in [0, 0.05) is 4.47 Å². The van der Waals surface area contributed by atoms with Crippen molar-refractivity contribution in [2.75, 3.05) is 13.2 Å². The highest BCUT2D eigenvalue weighted by molar-refractivity contribution is 9.10. The molecule has 100 valence electrons. The molecule has 3 N–H and O–H groups in total. The summed E-state index contributed by atoms with van der Waals surface area (Å²) in [5.41, 5.74) is -0.818. The SMILES string of the molecule is CCC(CO)(CO)NC(=O)c1ccc(F)cc1Br. The summed E-state index contributed by atoms with van der Waals surface area (Å²) < 4.78 is 13.2. The van der Waals surface area contributed by atoms with Crippen LogP contribution in [0, 0.1) is 5.82 Å². The first-order valence-electron chi connectivity index (χ1n) is 5.47. The standard InChI is InChI=1S/C12H15BrFNO3/c1-2-12(6-16,7-17)15-11(18)9-4-3-8(14)5-10(9)13/h3-5,16-17H,2,6-7H2,1H3,(H,15,18). The maximum atomic E-state index is 12.9. The minimum absolute atomic E-state index is 0.246. The number of benzene rings is 1. The molecule has 0 aliphatic rings. The van der Waals surface area contributed by atoms with Crippen LogP contribution >= 0.6 is 15.9 Å². The normalized spacial score (nSPS) is 11.4. The average molecular weight is 320 g/mol. The molecule has 0 saturated heterocycles. The van der Waals surface area contributed by atoms with Crippen LogP contribution in [0.4, 0.5) is 4.39 Å². The topological polar surface area (TPSA) is 69.6 Å². The Hall–Kier alpha value is -0.980. The average Bonchev–Trinajstić information content (AvgIpc) is 2.36. The summed E-state index contributed by atoms with van der Waals surface area (Å²) in [6.45, 7) is 1.00. The van der Waals surface area contributed by atoms with Crippen molar-refractivity contribution in [3.05, 3.63) is 34.1 Å². The van der Waals surface area contributed by atoms with Crippen LogP contribution in [0.3, 0.4) is 0 Å². The summed E-state index contributed by atoms with van der Waals surface area (Å²) >= 11 is 3.10. The van der Waals surface area contributed by atoms with Crippen LogP contribution in [0.15, 0.2) is 22.7 Å². The van der Waals surface area contributed by atoms with E-state index in [4.69, 9.17) is 0 Å². The molecule has 0 heterocycles. The molecule has 0 spiro atoms. The minimum Gasteiger partial charge on any atom is -0.394 e. The minimum atomic E-state index is -1.06. The van der Waals surface area contributed by atoms with Crippen molar-refractivity contribution in [3.8, 4) is 0 Å². The van der Waals surface area contributed by atoms with Gasteiger partial charge in [-0.3, -0.25) is 4.79 Å². The van der Waals surface area contributed by atoms with Crippen molar-refractivity contribution in [3.63, 3.8) is 0 Å². The van der Waals surface area contributed by atoms with E-state index in [-0.39, 0.29) is 18.8 Å². The van der Waals surface area contributed by atoms with Gasteiger partial charge in [0.15, 0.2) is 0 Å². The maximum Gasteiger partial charge on any atom is 0.253 e. The van der Waals surface area contributed by atoms with Crippen LogP contribution < -0.4 is 5.32 Å². The predicted octanol–water partition coefficient (Wildman–Crippen LogP) is 1.45. The molecular weight excluding hydrogens is 305 g/mol. The van der Waals surface area contributed by atoms with E-state index in [2.05, 4.69) is 21.2 Å². The van der Waals surface area contributed by atoms with Gasteiger partial charge in [-0.25, -0.2) is 4.39 Å². The maximum absolute atomic E-state index is 12.9. The fourth-order valence-electron chi connectivity index (χ4n) is 1.42. The Bertz CT molecular complexity index is 427. The number of hydrogen-bond acceptors (Lipinski definition) is 3. The highest BCUT2D eigenvalue weighted by Gasteiger charge is 2.29. The summed E-state index contributed by atoms with van der Waals surface area (Å²) in [6, 6.07) is 3.69. The fourth-order valence-corrected chi connectivity index (χ4v) is 1.95. The van der Waals surface area contributed by atoms with Crippen molar-refractivity contribution >= 4 is 21.8 Å². The summed E-state index contributed by atoms with van der Waals surface area (Å²) in [5, 5.41) is 21.0. The van der Waals surface area contributed by atoms with Crippen molar-refractivity contribution in [1.29, 1.82) is 0 Å². The van der Waals surface area contributed by atoms with E-state index in [1.165, 1.54) is 18.2 Å². The van der Waals surface area contributed by atoms with E-state index in [0.717, 1.165) is 0 Å². The number of halogens is 2. The van der Waals surface area contributed by atoms with Crippen molar-refractivity contribution in [2.24, 2.45) is 0 Å². The molecule has 0 saturated carbocycles. The van der Waals surface area contributed by atoms with Crippen molar-refractivity contribution < 1.29 is 19.4 Å². The Morgan fingerprint density at radius 1 is 1.44 bits per heavy atom. The van der Waals surface area contributed by atoms with Crippen LogP contribution in [-0.2, 0) is 0 Å². The van der Waals surface area contributed by atoms with Gasteiger partial charge in [0.05, 0.1) is 24.3 Å². The smallest absolute Gasteiger partial charge is 0.253 e. The number of rotatable bonds is 5. The number of carbonyl (C=O) groups is 1. The molecule has 6 heteroatoms. The van der Waals surface area contributed by atoms with E-state index in [1.54, 1.807) is 6.92 Å². The lowest BCUT2D eigenvalue weighted by atomic mass is 9.98. The zero-order chi connectivity index (χ0) is 13.8. The second-order valence-corrected chi connectivity index (χ2v) is 4.88. The Labute approximate surface area is 113 Å². The highest BCUT2D eigenvalue weighted by atomic mass is 79.9. The second kappa shape index (κ2) is 6.26. The lowest BCUT2D eigenvalue weighted by Crippen LogP contribution is -2.53. The number of hydrogen-bond donors (Lipinski definition) is 3. The fraction of sp³-hybridized carbons (Fsp3) is 0.417. The third-order valence-electron chi connectivity index (χ3n) is 2.84. The van der Waals surface area contributed by atoms with Crippen LogP contribution in [0.2, 0.25) is 0 Å². The first-order valence-corrected chi connectivity index (χ1v) is 6.26. The van der Waals surface area contributed by atoms with Gasteiger partial charge in [-0.15, -0.1) is 0 Å². The largest absolute Gasteiger partial charge is 0.394 e.